The Bertz CT molecular complexity index is 185. The Balaban J connectivity index is -0.000000197. The van der Waals surface area contributed by atoms with Crippen LogP contribution in [0.1, 0.15) is 32.6 Å². The molecule has 0 unspecified atom stereocenters. The highest BCUT2D eigenvalue weighted by Gasteiger charge is 1.93. The van der Waals surface area contributed by atoms with Crippen molar-refractivity contribution >= 4 is 37.2 Å². The van der Waals surface area contributed by atoms with E-state index >= 15 is 0 Å². The van der Waals surface area contributed by atoms with Gasteiger partial charge in [-0.2, -0.15) is 25.3 Å². The zero-order valence-electron chi connectivity index (χ0n) is 10.3. The molecule has 110 valence electrons. The number of carboxylic acid groups (broad SMARTS) is 2. The van der Waals surface area contributed by atoms with E-state index in [1.54, 1.807) is 0 Å². The maximum Gasteiger partial charge on any atom is 0.313 e. The van der Waals surface area contributed by atoms with Crippen molar-refractivity contribution in [1.29, 1.82) is 0 Å². The van der Waals surface area contributed by atoms with Gasteiger partial charge in [0, 0.05) is 0 Å². The number of hydrogen-bond acceptors (Lipinski definition) is 6. The molecule has 0 amide bonds. The predicted octanol–water partition coefficient (Wildman–Crippen LogP) is 0.879. The molecule has 0 aliphatic rings. The van der Waals surface area contributed by atoms with Gasteiger partial charge in [0.2, 0.25) is 0 Å². The van der Waals surface area contributed by atoms with E-state index in [1.807, 2.05) is 0 Å². The molecule has 8 heteroatoms. The third kappa shape index (κ3) is 45.0. The van der Waals surface area contributed by atoms with Gasteiger partial charge in [0.1, 0.15) is 0 Å². The molecule has 6 nitrogen and oxygen atoms in total. The summed E-state index contributed by atoms with van der Waals surface area (Å²) in [6.07, 6.45) is 2.58. The van der Waals surface area contributed by atoms with Crippen LogP contribution in [0, 0.1) is 0 Å². The fourth-order valence-corrected chi connectivity index (χ4v) is 0.577. The first kappa shape index (κ1) is 22.7. The van der Waals surface area contributed by atoms with Crippen LogP contribution in [0.3, 0.4) is 0 Å². The highest BCUT2D eigenvalue weighted by atomic mass is 32.1. The number of hydrogen-bond donors (Lipinski definition) is 6. The van der Waals surface area contributed by atoms with Gasteiger partial charge in [0.05, 0.1) is 11.5 Å². The largest absolute Gasteiger partial charge is 0.481 e. The summed E-state index contributed by atoms with van der Waals surface area (Å²) < 4.78 is 0. The van der Waals surface area contributed by atoms with E-state index < -0.39 is 18.2 Å². The monoisotopic (exact) mass is 302 g/mol. The van der Waals surface area contributed by atoms with E-state index in [0.29, 0.717) is 6.42 Å². The third-order valence-corrected chi connectivity index (χ3v) is 1.88. The molecule has 0 atom stereocenters. The van der Waals surface area contributed by atoms with Gasteiger partial charge in [-0.25, -0.2) is 0 Å². The standard InChI is InChI=1S/C6H14O2.2C2H4O2S/c1-2-3-4-5-6(7)8;2*3-2(4)1-5/h6-8H,2-5H2,1H3;2*5H,1H2,(H,3,4). The maximum absolute atomic E-state index is 9.29. The van der Waals surface area contributed by atoms with Gasteiger partial charge in [-0.3, -0.25) is 9.59 Å². The van der Waals surface area contributed by atoms with Crippen molar-refractivity contribution in [3.05, 3.63) is 0 Å². The molecule has 0 saturated carbocycles. The quantitative estimate of drug-likeness (QED) is 0.246. The van der Waals surface area contributed by atoms with Crippen LogP contribution in [0.2, 0.25) is 0 Å². The summed E-state index contributed by atoms with van der Waals surface area (Å²) in [4.78, 5) is 18.6. The SMILES string of the molecule is CCCCCC(O)O.O=C(O)CS.O=C(O)CS. The molecule has 0 saturated heterocycles. The summed E-state index contributed by atoms with van der Waals surface area (Å²) in [6, 6.07) is 0. The van der Waals surface area contributed by atoms with Gasteiger partial charge in [-0.15, -0.1) is 0 Å². The van der Waals surface area contributed by atoms with Gasteiger partial charge in [-0.1, -0.05) is 19.8 Å². The number of aliphatic hydroxyl groups excluding tert-OH is 1. The van der Waals surface area contributed by atoms with Crippen LogP contribution in [-0.2, 0) is 9.59 Å². The summed E-state index contributed by atoms with van der Waals surface area (Å²) in [5.41, 5.74) is 0. The van der Waals surface area contributed by atoms with E-state index in [-0.39, 0.29) is 11.5 Å². The first-order valence-corrected chi connectivity index (χ1v) is 6.59. The molecule has 0 rings (SSSR count). The zero-order valence-corrected chi connectivity index (χ0v) is 12.1. The second-order valence-corrected chi connectivity index (χ2v) is 3.71. The van der Waals surface area contributed by atoms with Crippen molar-refractivity contribution in [2.75, 3.05) is 11.5 Å². The molecule has 0 fully saturated rings. The lowest BCUT2D eigenvalue weighted by Crippen LogP contribution is -2.02. The molecular formula is C10H22O6S2. The molecule has 0 aliphatic carbocycles. The average molecular weight is 302 g/mol. The Kier molecular flexibility index (Phi) is 23.9. The van der Waals surface area contributed by atoms with Gasteiger partial charge >= 0.3 is 11.9 Å². The highest BCUT2D eigenvalue weighted by Crippen LogP contribution is 1.99. The second kappa shape index (κ2) is 18.9. The van der Waals surface area contributed by atoms with Crippen molar-refractivity contribution < 1.29 is 30.0 Å². The average Bonchev–Trinajstić information content (AvgIpc) is 2.30. The van der Waals surface area contributed by atoms with E-state index in [4.69, 9.17) is 20.4 Å². The van der Waals surface area contributed by atoms with E-state index in [2.05, 4.69) is 32.2 Å². The first-order chi connectivity index (χ1) is 8.31. The highest BCUT2D eigenvalue weighted by molar-refractivity contribution is 7.81. The summed E-state index contributed by atoms with van der Waals surface area (Å²) in [6.45, 7) is 2.09. The van der Waals surface area contributed by atoms with Crippen LogP contribution in [0.15, 0.2) is 0 Å². The summed E-state index contributed by atoms with van der Waals surface area (Å²) in [5, 5.41) is 32.0. The number of thiol groups is 2. The van der Waals surface area contributed by atoms with Crippen LogP contribution in [0.4, 0.5) is 0 Å². The number of unbranched alkanes of at least 4 members (excludes halogenated alkanes) is 2. The smallest absolute Gasteiger partial charge is 0.313 e. The van der Waals surface area contributed by atoms with Crippen molar-refractivity contribution in [2.45, 2.75) is 38.9 Å². The molecule has 0 aromatic rings. The van der Waals surface area contributed by atoms with E-state index in [9.17, 15) is 9.59 Å². The van der Waals surface area contributed by atoms with Crippen molar-refractivity contribution in [3.8, 4) is 0 Å². The summed E-state index contributed by atoms with van der Waals surface area (Å²) in [5.74, 6) is -1.93. The molecule has 0 aliphatic heterocycles. The molecule has 18 heavy (non-hydrogen) atoms. The minimum absolute atomic E-state index is 0.0833. The van der Waals surface area contributed by atoms with Gasteiger partial charge in [0.25, 0.3) is 0 Å². The van der Waals surface area contributed by atoms with Gasteiger partial charge in [-0.05, 0) is 12.8 Å². The fourth-order valence-electron chi connectivity index (χ4n) is 0.577. The van der Waals surface area contributed by atoms with Crippen LogP contribution in [0.5, 0.6) is 0 Å². The van der Waals surface area contributed by atoms with Crippen LogP contribution < -0.4 is 0 Å². The topological polar surface area (TPSA) is 115 Å². The molecule has 0 aromatic heterocycles. The predicted molar refractivity (Wildman–Crippen MR) is 75.3 cm³/mol. The lowest BCUT2D eigenvalue weighted by atomic mass is 10.2. The number of aliphatic carboxylic acids is 2. The second-order valence-electron chi connectivity index (χ2n) is 3.08. The van der Waals surface area contributed by atoms with Crippen molar-refractivity contribution in [2.24, 2.45) is 0 Å². The normalized spacial score (nSPS) is 8.78. The summed E-state index contributed by atoms with van der Waals surface area (Å²) in [7, 11) is 0. The number of aliphatic hydroxyl groups is 2. The Labute approximate surface area is 118 Å². The fraction of sp³-hybridized carbons (Fsp3) is 0.800. The molecule has 0 radical (unpaired) electrons. The molecule has 4 N–H and O–H groups in total. The Morgan fingerprint density at radius 2 is 1.33 bits per heavy atom. The molecular weight excluding hydrogens is 280 g/mol. The lowest BCUT2D eigenvalue weighted by molar-refractivity contribution is -0.134. The molecule has 0 aromatic carbocycles. The van der Waals surface area contributed by atoms with E-state index in [1.165, 1.54) is 0 Å². The van der Waals surface area contributed by atoms with Gasteiger partial charge in [0.15, 0.2) is 6.29 Å². The molecule has 0 spiro atoms. The van der Waals surface area contributed by atoms with E-state index in [0.717, 1.165) is 19.3 Å². The lowest BCUT2D eigenvalue weighted by Gasteiger charge is -1.99. The van der Waals surface area contributed by atoms with Crippen LogP contribution in [-0.4, -0.2) is 50.2 Å². The zero-order chi connectivity index (χ0) is 15.0. The summed E-state index contributed by atoms with van der Waals surface area (Å²) >= 11 is 6.83. The molecule has 0 heterocycles. The van der Waals surface area contributed by atoms with Crippen molar-refractivity contribution in [1.82, 2.24) is 0 Å². The molecule has 0 bridgehead atoms. The van der Waals surface area contributed by atoms with Crippen molar-refractivity contribution in [3.63, 3.8) is 0 Å². The minimum Gasteiger partial charge on any atom is -0.481 e. The maximum atomic E-state index is 9.29. The van der Waals surface area contributed by atoms with Crippen LogP contribution in [0.25, 0.3) is 0 Å². The Morgan fingerprint density at radius 1 is 1.00 bits per heavy atom. The first-order valence-electron chi connectivity index (χ1n) is 5.33. The van der Waals surface area contributed by atoms with Gasteiger partial charge < -0.3 is 20.4 Å². The van der Waals surface area contributed by atoms with Crippen LogP contribution >= 0.6 is 25.3 Å². The Hall–Kier alpha value is -0.440. The number of carbonyl (C=O) groups is 2. The Morgan fingerprint density at radius 3 is 1.50 bits per heavy atom. The number of rotatable bonds is 6. The minimum atomic E-state index is -1.10. The number of carboxylic acids is 2. The third-order valence-electron chi connectivity index (χ3n) is 1.34.